The molecule has 2 rings (SSSR count). The van der Waals surface area contributed by atoms with E-state index in [9.17, 15) is 13.4 Å². The van der Waals surface area contributed by atoms with Crippen molar-refractivity contribution in [2.45, 2.75) is 4.90 Å². The van der Waals surface area contributed by atoms with E-state index in [-0.39, 0.29) is 11.4 Å². The summed E-state index contributed by atoms with van der Waals surface area (Å²) in [5.74, 6) is -1.13. The minimum Gasteiger partial charge on any atom is -0.396 e. The van der Waals surface area contributed by atoms with Gasteiger partial charge in [-0.05, 0) is 30.3 Å². The number of hydrogen-bond donors (Lipinski definition) is 2. The van der Waals surface area contributed by atoms with Crippen molar-refractivity contribution in [3.8, 4) is 0 Å². The SMILES string of the molecule is Nc1cc(NC(=O)CS(=O)c2ccccc2)ccc1F. The molecule has 0 spiro atoms. The Morgan fingerprint density at radius 1 is 1.20 bits per heavy atom. The average molecular weight is 292 g/mol. The Balaban J connectivity index is 1.99. The minimum atomic E-state index is -1.41. The lowest BCUT2D eigenvalue weighted by atomic mass is 10.2. The number of anilines is 2. The first-order valence-electron chi connectivity index (χ1n) is 5.84. The summed E-state index contributed by atoms with van der Waals surface area (Å²) in [5.41, 5.74) is 5.73. The van der Waals surface area contributed by atoms with Gasteiger partial charge in [0.1, 0.15) is 11.6 Å². The predicted octanol–water partition coefficient (Wildman–Crippen LogP) is 2.15. The van der Waals surface area contributed by atoms with Crippen LogP contribution in [0.25, 0.3) is 0 Å². The number of benzene rings is 2. The van der Waals surface area contributed by atoms with E-state index in [1.807, 2.05) is 6.07 Å². The second-order valence-electron chi connectivity index (χ2n) is 4.09. The van der Waals surface area contributed by atoms with Gasteiger partial charge in [-0.2, -0.15) is 0 Å². The van der Waals surface area contributed by atoms with Gasteiger partial charge in [0.05, 0.1) is 16.5 Å². The minimum absolute atomic E-state index is 0.0491. The molecule has 0 aliphatic carbocycles. The third-order valence-electron chi connectivity index (χ3n) is 2.55. The summed E-state index contributed by atoms with van der Waals surface area (Å²) in [6.07, 6.45) is 0. The summed E-state index contributed by atoms with van der Waals surface area (Å²) in [6, 6.07) is 12.6. The standard InChI is InChI=1S/C14H13FN2O2S/c15-12-7-6-10(8-13(12)16)17-14(18)9-20(19)11-4-2-1-3-5-11/h1-8H,9,16H2,(H,17,18). The van der Waals surface area contributed by atoms with Gasteiger partial charge < -0.3 is 11.1 Å². The largest absolute Gasteiger partial charge is 0.396 e. The molecule has 20 heavy (non-hydrogen) atoms. The van der Waals surface area contributed by atoms with Crippen LogP contribution in [0, 0.1) is 5.82 Å². The zero-order valence-corrected chi connectivity index (χ0v) is 11.3. The van der Waals surface area contributed by atoms with Crippen LogP contribution in [0.15, 0.2) is 53.4 Å². The molecule has 104 valence electrons. The summed E-state index contributed by atoms with van der Waals surface area (Å²) in [7, 11) is -1.41. The van der Waals surface area contributed by atoms with Crippen molar-refractivity contribution in [3.05, 3.63) is 54.3 Å². The molecule has 0 heterocycles. The van der Waals surface area contributed by atoms with Crippen molar-refractivity contribution in [1.82, 2.24) is 0 Å². The zero-order chi connectivity index (χ0) is 14.5. The van der Waals surface area contributed by atoms with Crippen LogP contribution in [0.4, 0.5) is 15.8 Å². The number of amides is 1. The number of nitrogens with two attached hydrogens (primary N) is 1. The molecule has 0 bridgehead atoms. The van der Waals surface area contributed by atoms with Crippen molar-refractivity contribution in [2.24, 2.45) is 0 Å². The number of nitrogens with one attached hydrogen (secondary N) is 1. The number of carbonyl (C=O) groups excluding carboxylic acids is 1. The van der Waals surface area contributed by atoms with Crippen LogP contribution < -0.4 is 11.1 Å². The Bertz CT molecular complexity index is 647. The third kappa shape index (κ3) is 3.64. The molecule has 2 aromatic carbocycles. The van der Waals surface area contributed by atoms with Crippen molar-refractivity contribution >= 4 is 28.1 Å². The zero-order valence-electron chi connectivity index (χ0n) is 10.5. The highest BCUT2D eigenvalue weighted by molar-refractivity contribution is 7.85. The quantitative estimate of drug-likeness (QED) is 0.848. The van der Waals surface area contributed by atoms with E-state index in [0.717, 1.165) is 0 Å². The predicted molar refractivity (Wildman–Crippen MR) is 77.2 cm³/mol. The monoisotopic (exact) mass is 292 g/mol. The fraction of sp³-hybridized carbons (Fsp3) is 0.0714. The molecule has 0 saturated heterocycles. The molecule has 0 aliphatic heterocycles. The molecule has 0 fully saturated rings. The first-order chi connectivity index (χ1) is 9.56. The first kappa shape index (κ1) is 14.2. The molecule has 1 unspecified atom stereocenters. The van der Waals surface area contributed by atoms with Crippen LogP contribution in [0.2, 0.25) is 0 Å². The highest BCUT2D eigenvalue weighted by atomic mass is 32.2. The van der Waals surface area contributed by atoms with Crippen molar-refractivity contribution in [1.29, 1.82) is 0 Å². The smallest absolute Gasteiger partial charge is 0.237 e. The van der Waals surface area contributed by atoms with Crippen LogP contribution >= 0.6 is 0 Å². The normalized spacial score (nSPS) is 11.8. The maximum atomic E-state index is 13.0. The van der Waals surface area contributed by atoms with Crippen LogP contribution in [0.3, 0.4) is 0 Å². The van der Waals surface area contributed by atoms with Gasteiger partial charge in [-0.25, -0.2) is 4.39 Å². The van der Waals surface area contributed by atoms with Gasteiger partial charge in [-0.15, -0.1) is 0 Å². The summed E-state index contributed by atoms with van der Waals surface area (Å²) in [5, 5.41) is 2.53. The van der Waals surface area contributed by atoms with E-state index >= 15 is 0 Å². The van der Waals surface area contributed by atoms with Gasteiger partial charge in [0.15, 0.2) is 0 Å². The summed E-state index contributed by atoms with van der Waals surface area (Å²) >= 11 is 0. The number of halogens is 1. The number of carbonyl (C=O) groups is 1. The van der Waals surface area contributed by atoms with Crippen LogP contribution in [0.1, 0.15) is 0 Å². The summed E-state index contributed by atoms with van der Waals surface area (Å²) in [4.78, 5) is 12.3. The molecule has 0 aliphatic rings. The Kier molecular flexibility index (Phi) is 4.47. The highest BCUT2D eigenvalue weighted by Crippen LogP contribution is 2.16. The molecule has 1 amide bonds. The van der Waals surface area contributed by atoms with E-state index < -0.39 is 22.5 Å². The second-order valence-corrected chi connectivity index (χ2v) is 5.54. The number of nitrogen functional groups attached to an aromatic ring is 1. The maximum absolute atomic E-state index is 13.0. The van der Waals surface area contributed by atoms with Crippen molar-refractivity contribution in [3.63, 3.8) is 0 Å². The average Bonchev–Trinajstić information content (AvgIpc) is 2.44. The number of hydrogen-bond acceptors (Lipinski definition) is 3. The van der Waals surface area contributed by atoms with E-state index in [2.05, 4.69) is 5.32 Å². The molecule has 3 N–H and O–H groups in total. The first-order valence-corrected chi connectivity index (χ1v) is 7.16. The fourth-order valence-electron chi connectivity index (χ4n) is 1.59. The van der Waals surface area contributed by atoms with Gasteiger partial charge >= 0.3 is 0 Å². The second kappa shape index (κ2) is 6.29. The maximum Gasteiger partial charge on any atom is 0.237 e. The van der Waals surface area contributed by atoms with Crippen LogP contribution in [-0.4, -0.2) is 15.9 Å². The molecule has 6 heteroatoms. The van der Waals surface area contributed by atoms with Gasteiger partial charge in [-0.3, -0.25) is 9.00 Å². The van der Waals surface area contributed by atoms with E-state index in [0.29, 0.717) is 10.6 Å². The van der Waals surface area contributed by atoms with E-state index in [1.165, 1.54) is 18.2 Å². The van der Waals surface area contributed by atoms with Crippen LogP contribution in [0.5, 0.6) is 0 Å². The Labute approximate surface area is 118 Å². The molecule has 0 aromatic heterocycles. The molecule has 0 saturated carbocycles. The third-order valence-corrected chi connectivity index (χ3v) is 3.87. The Morgan fingerprint density at radius 2 is 1.90 bits per heavy atom. The van der Waals surface area contributed by atoms with Crippen molar-refractivity contribution in [2.75, 3.05) is 16.8 Å². The lowest BCUT2D eigenvalue weighted by molar-refractivity contribution is -0.113. The Hall–Kier alpha value is -2.21. The molecule has 0 radical (unpaired) electrons. The van der Waals surface area contributed by atoms with Gasteiger partial charge in [-0.1, -0.05) is 18.2 Å². The molecule has 1 atom stereocenters. The van der Waals surface area contributed by atoms with E-state index in [1.54, 1.807) is 24.3 Å². The molecule has 4 nitrogen and oxygen atoms in total. The van der Waals surface area contributed by atoms with Gasteiger partial charge in [0, 0.05) is 10.6 Å². The molecular formula is C14H13FN2O2S. The highest BCUT2D eigenvalue weighted by Gasteiger charge is 2.10. The number of rotatable bonds is 4. The van der Waals surface area contributed by atoms with Gasteiger partial charge in [0.2, 0.25) is 5.91 Å². The van der Waals surface area contributed by atoms with Crippen molar-refractivity contribution < 1.29 is 13.4 Å². The van der Waals surface area contributed by atoms with Gasteiger partial charge in [0.25, 0.3) is 0 Å². The molecule has 2 aromatic rings. The Morgan fingerprint density at radius 3 is 2.55 bits per heavy atom. The lowest BCUT2D eigenvalue weighted by Gasteiger charge is -2.06. The lowest BCUT2D eigenvalue weighted by Crippen LogP contribution is -2.19. The summed E-state index contributed by atoms with van der Waals surface area (Å²) < 4.78 is 24.9. The topological polar surface area (TPSA) is 72.2 Å². The van der Waals surface area contributed by atoms with Crippen LogP contribution in [-0.2, 0) is 15.6 Å². The molecular weight excluding hydrogens is 279 g/mol. The summed E-state index contributed by atoms with van der Waals surface area (Å²) in [6.45, 7) is 0. The van der Waals surface area contributed by atoms with E-state index in [4.69, 9.17) is 5.73 Å². The fourth-order valence-corrected chi connectivity index (χ4v) is 2.53.